The van der Waals surface area contributed by atoms with E-state index in [1.165, 1.54) is 0 Å². The van der Waals surface area contributed by atoms with Crippen molar-refractivity contribution in [3.63, 3.8) is 0 Å². The highest BCUT2D eigenvalue weighted by molar-refractivity contribution is 9.10. The molecule has 0 aliphatic heterocycles. The maximum Gasteiger partial charge on any atom is 0.135 e. The Morgan fingerprint density at radius 2 is 1.95 bits per heavy atom. The van der Waals surface area contributed by atoms with E-state index in [4.69, 9.17) is 4.74 Å². The monoisotopic (exact) mass is 343 g/mol. The van der Waals surface area contributed by atoms with Gasteiger partial charge in [0.25, 0.3) is 0 Å². The van der Waals surface area contributed by atoms with Crippen LogP contribution < -0.4 is 10.1 Å². The van der Waals surface area contributed by atoms with Crippen LogP contribution in [0.1, 0.15) is 5.69 Å². The fourth-order valence-electron chi connectivity index (χ4n) is 2.04. The lowest BCUT2D eigenvalue weighted by Gasteiger charge is -2.09. The summed E-state index contributed by atoms with van der Waals surface area (Å²) in [5, 5.41) is 3.32. The number of benzene rings is 2. The zero-order valence-electron chi connectivity index (χ0n) is 11.5. The fraction of sp³-hybridized carbons (Fsp3) is 0.125. The number of fused-ring (bicyclic) bond motifs is 1. The molecule has 0 saturated heterocycles. The van der Waals surface area contributed by atoms with E-state index < -0.39 is 0 Å². The van der Waals surface area contributed by atoms with E-state index in [1.807, 2.05) is 42.5 Å². The van der Waals surface area contributed by atoms with Crippen LogP contribution in [-0.4, -0.2) is 17.1 Å². The molecule has 5 heteroatoms. The Hall–Kier alpha value is -2.14. The third kappa shape index (κ3) is 3.13. The largest absolute Gasteiger partial charge is 0.495 e. The second-order valence-electron chi connectivity index (χ2n) is 4.55. The lowest BCUT2D eigenvalue weighted by molar-refractivity contribution is 0.412. The molecule has 0 spiro atoms. The van der Waals surface area contributed by atoms with Gasteiger partial charge in [0.05, 0.1) is 41.1 Å². The molecule has 0 aliphatic rings. The van der Waals surface area contributed by atoms with Gasteiger partial charge >= 0.3 is 0 Å². The number of nitrogens with one attached hydrogen (secondary N) is 1. The van der Waals surface area contributed by atoms with Crippen LogP contribution in [-0.2, 0) is 6.54 Å². The molecule has 0 unspecified atom stereocenters. The molecule has 3 rings (SSSR count). The first-order chi connectivity index (χ1) is 10.3. The summed E-state index contributed by atoms with van der Waals surface area (Å²) in [5.41, 5.74) is 3.69. The zero-order valence-corrected chi connectivity index (χ0v) is 13.1. The first kappa shape index (κ1) is 13.8. The summed E-state index contributed by atoms with van der Waals surface area (Å²) in [6, 6.07) is 13.7. The molecule has 0 fully saturated rings. The molecule has 0 radical (unpaired) electrons. The topological polar surface area (TPSA) is 47.0 Å². The van der Waals surface area contributed by atoms with Gasteiger partial charge in [-0.2, -0.15) is 0 Å². The SMILES string of the molecule is COc1cc(NCc2cnc3ccccc3n2)ccc1Br. The van der Waals surface area contributed by atoms with Gasteiger partial charge in [0.1, 0.15) is 5.75 Å². The lowest BCUT2D eigenvalue weighted by Crippen LogP contribution is -2.03. The summed E-state index contributed by atoms with van der Waals surface area (Å²) in [7, 11) is 1.65. The number of hydrogen-bond donors (Lipinski definition) is 1. The van der Waals surface area contributed by atoms with Crippen LogP contribution in [0.15, 0.2) is 53.1 Å². The lowest BCUT2D eigenvalue weighted by atomic mass is 10.2. The van der Waals surface area contributed by atoms with Crippen LogP contribution in [0.5, 0.6) is 5.75 Å². The molecule has 0 atom stereocenters. The van der Waals surface area contributed by atoms with E-state index in [0.29, 0.717) is 6.54 Å². The van der Waals surface area contributed by atoms with Gasteiger partial charge in [-0.25, -0.2) is 4.98 Å². The van der Waals surface area contributed by atoms with Crippen molar-refractivity contribution in [3.05, 3.63) is 58.8 Å². The first-order valence-electron chi connectivity index (χ1n) is 6.54. The quantitative estimate of drug-likeness (QED) is 0.777. The molecule has 0 saturated carbocycles. The van der Waals surface area contributed by atoms with E-state index in [2.05, 4.69) is 31.2 Å². The van der Waals surface area contributed by atoms with Crippen molar-refractivity contribution < 1.29 is 4.74 Å². The number of halogens is 1. The molecule has 0 bridgehead atoms. The third-order valence-corrected chi connectivity index (χ3v) is 3.78. The van der Waals surface area contributed by atoms with Crippen LogP contribution in [0.2, 0.25) is 0 Å². The molecule has 0 aliphatic carbocycles. The van der Waals surface area contributed by atoms with E-state index >= 15 is 0 Å². The number of ether oxygens (including phenoxy) is 1. The summed E-state index contributed by atoms with van der Waals surface area (Å²) in [6.07, 6.45) is 1.80. The molecule has 4 nitrogen and oxygen atoms in total. The number of nitrogens with zero attached hydrogens (tertiary/aromatic N) is 2. The smallest absolute Gasteiger partial charge is 0.135 e. The Morgan fingerprint density at radius 1 is 1.14 bits per heavy atom. The Labute approximate surface area is 131 Å². The number of para-hydroxylation sites is 2. The van der Waals surface area contributed by atoms with E-state index in [-0.39, 0.29) is 0 Å². The van der Waals surface area contributed by atoms with Gasteiger partial charge in [0, 0.05) is 11.8 Å². The molecule has 1 aromatic heterocycles. The van der Waals surface area contributed by atoms with Gasteiger partial charge in [0.2, 0.25) is 0 Å². The molecule has 1 heterocycles. The third-order valence-electron chi connectivity index (χ3n) is 3.12. The standard InChI is InChI=1S/C16H14BrN3O/c1-21-16-8-11(6-7-13(16)17)18-9-12-10-19-14-4-2-3-5-15(14)20-12/h2-8,10,18H,9H2,1H3. The van der Waals surface area contributed by atoms with E-state index in [9.17, 15) is 0 Å². The molecule has 0 amide bonds. The Morgan fingerprint density at radius 3 is 2.76 bits per heavy atom. The molecular weight excluding hydrogens is 330 g/mol. The van der Waals surface area contributed by atoms with Crippen molar-refractivity contribution in [1.82, 2.24) is 9.97 Å². The van der Waals surface area contributed by atoms with Crippen molar-refractivity contribution in [2.75, 3.05) is 12.4 Å². The molecular formula is C16H14BrN3O. The summed E-state index contributed by atoms with van der Waals surface area (Å²) < 4.78 is 6.21. The van der Waals surface area contributed by atoms with Gasteiger partial charge in [-0.1, -0.05) is 12.1 Å². The second-order valence-corrected chi connectivity index (χ2v) is 5.41. The highest BCUT2D eigenvalue weighted by Crippen LogP contribution is 2.28. The Kier molecular flexibility index (Phi) is 4.01. The molecule has 1 N–H and O–H groups in total. The number of methoxy groups -OCH3 is 1. The number of aromatic nitrogens is 2. The number of hydrogen-bond acceptors (Lipinski definition) is 4. The minimum absolute atomic E-state index is 0.614. The predicted molar refractivity (Wildman–Crippen MR) is 87.6 cm³/mol. The molecule has 3 aromatic rings. The van der Waals surface area contributed by atoms with Crippen molar-refractivity contribution in [2.24, 2.45) is 0 Å². The van der Waals surface area contributed by atoms with Crippen molar-refractivity contribution >= 4 is 32.7 Å². The Balaban J connectivity index is 1.76. The maximum atomic E-state index is 5.28. The van der Waals surface area contributed by atoms with Gasteiger partial charge in [0.15, 0.2) is 0 Å². The number of anilines is 1. The van der Waals surface area contributed by atoms with Gasteiger partial charge in [-0.15, -0.1) is 0 Å². The highest BCUT2D eigenvalue weighted by Gasteiger charge is 2.03. The molecule has 106 valence electrons. The first-order valence-corrected chi connectivity index (χ1v) is 7.33. The van der Waals surface area contributed by atoms with Crippen molar-refractivity contribution in [2.45, 2.75) is 6.54 Å². The van der Waals surface area contributed by atoms with Gasteiger partial charge in [-0.05, 0) is 40.2 Å². The molecule has 2 aromatic carbocycles. The van der Waals surface area contributed by atoms with Crippen LogP contribution in [0.4, 0.5) is 5.69 Å². The minimum Gasteiger partial charge on any atom is -0.495 e. The average molecular weight is 344 g/mol. The summed E-state index contributed by atoms with van der Waals surface area (Å²) in [5.74, 6) is 0.796. The van der Waals surface area contributed by atoms with Crippen LogP contribution in [0, 0.1) is 0 Å². The van der Waals surface area contributed by atoms with Gasteiger partial charge < -0.3 is 10.1 Å². The maximum absolute atomic E-state index is 5.28. The van der Waals surface area contributed by atoms with Crippen molar-refractivity contribution in [1.29, 1.82) is 0 Å². The summed E-state index contributed by atoms with van der Waals surface area (Å²) in [4.78, 5) is 8.99. The van der Waals surface area contributed by atoms with Crippen LogP contribution >= 0.6 is 15.9 Å². The summed E-state index contributed by atoms with van der Waals surface area (Å²) in [6.45, 7) is 0.614. The van der Waals surface area contributed by atoms with Crippen molar-refractivity contribution in [3.8, 4) is 5.75 Å². The Bertz CT molecular complexity index is 776. The summed E-state index contributed by atoms with van der Waals surface area (Å²) >= 11 is 3.44. The van der Waals surface area contributed by atoms with Gasteiger partial charge in [-0.3, -0.25) is 4.98 Å². The van der Waals surface area contributed by atoms with Crippen LogP contribution in [0.3, 0.4) is 0 Å². The minimum atomic E-state index is 0.614. The van der Waals surface area contributed by atoms with E-state index in [0.717, 1.165) is 32.6 Å². The van der Waals surface area contributed by atoms with Crippen LogP contribution in [0.25, 0.3) is 11.0 Å². The number of rotatable bonds is 4. The average Bonchev–Trinajstić information content (AvgIpc) is 2.54. The fourth-order valence-corrected chi connectivity index (χ4v) is 2.45. The van der Waals surface area contributed by atoms with E-state index in [1.54, 1.807) is 13.3 Å². The molecule has 21 heavy (non-hydrogen) atoms. The highest BCUT2D eigenvalue weighted by atomic mass is 79.9. The normalized spacial score (nSPS) is 10.6. The zero-order chi connectivity index (χ0) is 14.7. The second kappa shape index (κ2) is 6.10. The predicted octanol–water partition coefficient (Wildman–Crippen LogP) is 4.01.